The summed E-state index contributed by atoms with van der Waals surface area (Å²) in [5.41, 5.74) is 2.81. The number of rotatable bonds is 2. The van der Waals surface area contributed by atoms with Gasteiger partial charge in [0.15, 0.2) is 5.58 Å². The van der Waals surface area contributed by atoms with Crippen LogP contribution < -0.4 is 0 Å². The maximum atomic E-state index is 9.01. The Morgan fingerprint density at radius 1 is 1.58 bits per heavy atom. The zero-order chi connectivity index (χ0) is 8.55. The van der Waals surface area contributed by atoms with Gasteiger partial charge < -0.3 is 14.1 Å². The summed E-state index contributed by atoms with van der Waals surface area (Å²) in [6, 6.07) is 3.79. The summed E-state index contributed by atoms with van der Waals surface area (Å²) in [5.74, 6) is 0. The molecular formula is C9H11NO2. The molecule has 0 bridgehead atoms. The molecule has 12 heavy (non-hydrogen) atoms. The minimum atomic E-state index is 0.0675. The quantitative estimate of drug-likeness (QED) is 0.736. The molecule has 0 aliphatic rings. The molecule has 0 saturated carbocycles. The van der Waals surface area contributed by atoms with Crippen molar-refractivity contribution in [1.29, 1.82) is 0 Å². The fraction of sp³-hybridized carbons (Fsp3) is 0.333. The molecule has 0 atom stereocenters. The molecule has 0 radical (unpaired) electrons. The highest BCUT2D eigenvalue weighted by Crippen LogP contribution is 2.20. The Morgan fingerprint density at radius 2 is 2.42 bits per heavy atom. The van der Waals surface area contributed by atoms with E-state index in [-0.39, 0.29) is 6.61 Å². The maximum Gasteiger partial charge on any atom is 0.152 e. The standard InChI is InChI=1S/C9H11NO2/c1-2-10-7(6-11)5-9-8(10)3-4-12-9/h3-5,11H,2,6H2,1H3. The molecule has 0 aliphatic heterocycles. The van der Waals surface area contributed by atoms with Gasteiger partial charge in [0.25, 0.3) is 0 Å². The maximum absolute atomic E-state index is 9.01. The van der Waals surface area contributed by atoms with E-state index in [2.05, 4.69) is 0 Å². The molecule has 0 saturated heterocycles. The lowest BCUT2D eigenvalue weighted by Crippen LogP contribution is -1.99. The van der Waals surface area contributed by atoms with E-state index in [1.54, 1.807) is 6.26 Å². The Bertz CT molecular complexity index is 386. The molecule has 0 aliphatic carbocycles. The van der Waals surface area contributed by atoms with Gasteiger partial charge in [-0.3, -0.25) is 0 Å². The van der Waals surface area contributed by atoms with E-state index >= 15 is 0 Å². The van der Waals surface area contributed by atoms with Crippen LogP contribution in [-0.2, 0) is 13.2 Å². The summed E-state index contributed by atoms with van der Waals surface area (Å²) >= 11 is 0. The van der Waals surface area contributed by atoms with Crippen molar-refractivity contribution in [2.75, 3.05) is 0 Å². The number of aliphatic hydroxyl groups excluding tert-OH is 1. The number of furan rings is 1. The van der Waals surface area contributed by atoms with Gasteiger partial charge in [-0.05, 0) is 6.92 Å². The van der Waals surface area contributed by atoms with Crippen LogP contribution in [-0.4, -0.2) is 9.67 Å². The second-order valence-electron chi connectivity index (χ2n) is 2.71. The van der Waals surface area contributed by atoms with E-state index in [1.807, 2.05) is 23.6 Å². The van der Waals surface area contributed by atoms with Crippen molar-refractivity contribution in [3.8, 4) is 0 Å². The van der Waals surface area contributed by atoms with Crippen molar-refractivity contribution in [3.63, 3.8) is 0 Å². The van der Waals surface area contributed by atoms with Crippen molar-refractivity contribution < 1.29 is 9.52 Å². The van der Waals surface area contributed by atoms with Crippen molar-refractivity contribution in [1.82, 2.24) is 4.57 Å². The van der Waals surface area contributed by atoms with E-state index in [1.165, 1.54) is 0 Å². The summed E-state index contributed by atoms with van der Waals surface area (Å²) in [7, 11) is 0. The topological polar surface area (TPSA) is 38.3 Å². The number of aliphatic hydroxyl groups is 1. The zero-order valence-electron chi connectivity index (χ0n) is 6.95. The van der Waals surface area contributed by atoms with E-state index in [0.717, 1.165) is 23.3 Å². The van der Waals surface area contributed by atoms with Gasteiger partial charge >= 0.3 is 0 Å². The summed E-state index contributed by atoms with van der Waals surface area (Å²) in [6.45, 7) is 2.97. The number of aromatic nitrogens is 1. The molecule has 0 fully saturated rings. The van der Waals surface area contributed by atoms with Crippen LogP contribution in [0.2, 0.25) is 0 Å². The van der Waals surface area contributed by atoms with Gasteiger partial charge in [-0.2, -0.15) is 0 Å². The first kappa shape index (κ1) is 7.43. The summed E-state index contributed by atoms with van der Waals surface area (Å²) < 4.78 is 7.25. The molecule has 3 nitrogen and oxygen atoms in total. The highest BCUT2D eigenvalue weighted by atomic mass is 16.3. The van der Waals surface area contributed by atoms with Crippen LogP contribution in [0.1, 0.15) is 12.6 Å². The Labute approximate surface area is 70.2 Å². The number of nitrogens with zero attached hydrogens (tertiary/aromatic N) is 1. The largest absolute Gasteiger partial charge is 0.463 e. The fourth-order valence-corrected chi connectivity index (χ4v) is 1.53. The zero-order valence-corrected chi connectivity index (χ0v) is 6.95. The SMILES string of the molecule is CCn1c(CO)cc2occc21. The van der Waals surface area contributed by atoms with Gasteiger partial charge in [0.05, 0.1) is 18.4 Å². The highest BCUT2D eigenvalue weighted by molar-refractivity contribution is 5.75. The van der Waals surface area contributed by atoms with Crippen molar-refractivity contribution in [2.45, 2.75) is 20.1 Å². The molecule has 0 amide bonds. The average Bonchev–Trinajstić information content (AvgIpc) is 2.61. The van der Waals surface area contributed by atoms with Crippen LogP contribution in [0.4, 0.5) is 0 Å². The lowest BCUT2D eigenvalue weighted by atomic mass is 10.4. The molecule has 64 valence electrons. The van der Waals surface area contributed by atoms with Gasteiger partial charge in [0.1, 0.15) is 0 Å². The first-order valence-corrected chi connectivity index (χ1v) is 4.03. The molecular weight excluding hydrogens is 154 g/mol. The number of aryl methyl sites for hydroxylation is 1. The Balaban J connectivity index is 2.70. The summed E-state index contributed by atoms with van der Waals surface area (Å²) in [6.07, 6.45) is 1.66. The Kier molecular flexibility index (Phi) is 1.66. The van der Waals surface area contributed by atoms with Gasteiger partial charge in [-0.1, -0.05) is 0 Å². The van der Waals surface area contributed by atoms with Gasteiger partial charge in [0.2, 0.25) is 0 Å². The molecule has 0 spiro atoms. The van der Waals surface area contributed by atoms with Crippen LogP contribution in [0.15, 0.2) is 22.8 Å². The normalized spacial score (nSPS) is 11.2. The van der Waals surface area contributed by atoms with E-state index in [0.29, 0.717) is 0 Å². The van der Waals surface area contributed by atoms with Crippen LogP contribution in [0.25, 0.3) is 11.1 Å². The minimum Gasteiger partial charge on any atom is -0.463 e. The molecule has 0 aromatic carbocycles. The first-order chi connectivity index (χ1) is 5.86. The molecule has 2 heterocycles. The van der Waals surface area contributed by atoms with E-state index in [4.69, 9.17) is 9.52 Å². The van der Waals surface area contributed by atoms with Gasteiger partial charge in [-0.25, -0.2) is 0 Å². The molecule has 0 unspecified atom stereocenters. The van der Waals surface area contributed by atoms with Crippen molar-refractivity contribution in [2.24, 2.45) is 0 Å². The van der Waals surface area contributed by atoms with Crippen LogP contribution in [0, 0.1) is 0 Å². The van der Waals surface area contributed by atoms with E-state index < -0.39 is 0 Å². The lowest BCUT2D eigenvalue weighted by molar-refractivity contribution is 0.272. The summed E-state index contributed by atoms with van der Waals surface area (Å²) in [4.78, 5) is 0. The average molecular weight is 165 g/mol. The van der Waals surface area contributed by atoms with Crippen LogP contribution in [0.5, 0.6) is 0 Å². The third kappa shape index (κ3) is 0.865. The number of hydrogen-bond acceptors (Lipinski definition) is 2. The molecule has 1 N–H and O–H groups in total. The number of fused-ring (bicyclic) bond motifs is 1. The molecule has 2 aromatic rings. The lowest BCUT2D eigenvalue weighted by Gasteiger charge is -2.02. The predicted molar refractivity (Wildman–Crippen MR) is 45.8 cm³/mol. The van der Waals surface area contributed by atoms with Gasteiger partial charge in [-0.15, -0.1) is 0 Å². The van der Waals surface area contributed by atoms with Crippen molar-refractivity contribution >= 4 is 11.1 Å². The smallest absolute Gasteiger partial charge is 0.152 e. The first-order valence-electron chi connectivity index (χ1n) is 4.03. The fourth-order valence-electron chi connectivity index (χ4n) is 1.53. The summed E-state index contributed by atoms with van der Waals surface area (Å²) in [5, 5.41) is 9.01. The Hall–Kier alpha value is -1.22. The second-order valence-corrected chi connectivity index (χ2v) is 2.71. The van der Waals surface area contributed by atoms with Crippen LogP contribution in [0.3, 0.4) is 0 Å². The minimum absolute atomic E-state index is 0.0675. The molecule has 2 aromatic heterocycles. The third-order valence-electron chi connectivity index (χ3n) is 2.09. The third-order valence-corrected chi connectivity index (χ3v) is 2.09. The Morgan fingerprint density at radius 3 is 3.08 bits per heavy atom. The second kappa shape index (κ2) is 2.68. The van der Waals surface area contributed by atoms with Crippen molar-refractivity contribution in [3.05, 3.63) is 24.1 Å². The van der Waals surface area contributed by atoms with Crippen LogP contribution >= 0.6 is 0 Å². The highest BCUT2D eigenvalue weighted by Gasteiger charge is 2.07. The monoisotopic (exact) mass is 165 g/mol. The van der Waals surface area contributed by atoms with Gasteiger partial charge in [0, 0.05) is 24.4 Å². The van der Waals surface area contributed by atoms with E-state index in [9.17, 15) is 0 Å². The molecule has 3 heteroatoms. The predicted octanol–water partition coefficient (Wildman–Crippen LogP) is 1.75. The molecule has 2 rings (SSSR count). The number of hydrogen-bond donors (Lipinski definition) is 1.